The first kappa shape index (κ1) is 23.7. The van der Waals surface area contributed by atoms with Gasteiger partial charge in [0.2, 0.25) is 11.5 Å². The van der Waals surface area contributed by atoms with Crippen molar-refractivity contribution in [2.75, 3.05) is 26.3 Å². The molecule has 2 atom stereocenters. The van der Waals surface area contributed by atoms with Crippen molar-refractivity contribution < 1.29 is 9.53 Å². The average Bonchev–Trinajstić information content (AvgIpc) is 3.13. The first-order valence-corrected chi connectivity index (χ1v) is 13.1. The zero-order chi connectivity index (χ0) is 25.7. The number of amides is 1. The summed E-state index contributed by atoms with van der Waals surface area (Å²) in [6.07, 6.45) is 0.544. The van der Waals surface area contributed by atoms with E-state index in [1.165, 1.54) is 11.1 Å². The van der Waals surface area contributed by atoms with Crippen molar-refractivity contribution in [2.24, 2.45) is 5.41 Å². The van der Waals surface area contributed by atoms with Gasteiger partial charge in [0.15, 0.2) is 0 Å². The van der Waals surface area contributed by atoms with E-state index in [4.69, 9.17) is 4.74 Å². The number of aryl methyl sites for hydroxylation is 2. The highest BCUT2D eigenvalue weighted by molar-refractivity contribution is 5.85. The van der Waals surface area contributed by atoms with E-state index in [1.54, 1.807) is 0 Å². The van der Waals surface area contributed by atoms with Crippen LogP contribution < -0.4 is 5.62 Å². The van der Waals surface area contributed by atoms with Crippen LogP contribution in [-0.4, -0.2) is 46.2 Å². The molecule has 0 bridgehead atoms. The molecule has 1 unspecified atom stereocenters. The molecule has 2 aliphatic heterocycles. The van der Waals surface area contributed by atoms with E-state index in [0.29, 0.717) is 12.0 Å². The number of carbonyl (C=O) groups excluding carboxylic acids is 1. The summed E-state index contributed by atoms with van der Waals surface area (Å²) < 4.78 is 9.46. The fourth-order valence-electron chi connectivity index (χ4n) is 5.86. The van der Waals surface area contributed by atoms with Crippen LogP contribution in [0.15, 0.2) is 72.8 Å². The lowest BCUT2D eigenvalue weighted by molar-refractivity contribution is -0.197. The van der Waals surface area contributed by atoms with Crippen LogP contribution in [0.1, 0.15) is 41.3 Å². The van der Waals surface area contributed by atoms with Gasteiger partial charge in [0.1, 0.15) is 6.04 Å². The van der Waals surface area contributed by atoms with E-state index in [0.717, 1.165) is 48.5 Å². The number of carbonyl (C=O) groups is 1. The highest BCUT2D eigenvalue weighted by Gasteiger charge is 2.51. The standard InChI is InChI=1S/C31H34N4O2/c1-21-8-12-24(13-9-21)16-28(29(36)33-17-31(18-33)19-37-20-31)35-27-7-5-4-6-26(27)34(30(35)32)23(3)25-14-10-22(2)11-15-25/h4-15,23,28,32H,16-20H2,1-3H3/t23?,28-/m0/s1. The maximum Gasteiger partial charge on any atom is 0.246 e. The summed E-state index contributed by atoms with van der Waals surface area (Å²) in [5.41, 5.74) is 7.02. The number of aromatic nitrogens is 2. The minimum atomic E-state index is -0.495. The molecule has 4 aromatic rings. The van der Waals surface area contributed by atoms with Crippen molar-refractivity contribution in [1.29, 1.82) is 5.41 Å². The van der Waals surface area contributed by atoms with Gasteiger partial charge < -0.3 is 14.2 Å². The van der Waals surface area contributed by atoms with E-state index >= 15 is 0 Å². The monoisotopic (exact) mass is 494 g/mol. The molecule has 6 rings (SSSR count). The Kier molecular flexibility index (Phi) is 5.80. The first-order chi connectivity index (χ1) is 17.8. The highest BCUT2D eigenvalue weighted by Crippen LogP contribution is 2.39. The third-order valence-corrected chi connectivity index (χ3v) is 8.13. The Morgan fingerprint density at radius 1 is 0.892 bits per heavy atom. The number of hydrogen-bond acceptors (Lipinski definition) is 3. The molecule has 0 radical (unpaired) electrons. The van der Waals surface area contributed by atoms with Crippen molar-refractivity contribution in [2.45, 2.75) is 39.3 Å². The lowest BCUT2D eigenvalue weighted by Crippen LogP contribution is -2.68. The summed E-state index contributed by atoms with van der Waals surface area (Å²) in [5, 5.41) is 9.40. The Morgan fingerprint density at radius 3 is 2.03 bits per heavy atom. The van der Waals surface area contributed by atoms with Crippen LogP contribution in [0.25, 0.3) is 11.0 Å². The molecule has 190 valence electrons. The first-order valence-electron chi connectivity index (χ1n) is 13.1. The fourth-order valence-corrected chi connectivity index (χ4v) is 5.86. The molecule has 6 heteroatoms. The summed E-state index contributed by atoms with van der Waals surface area (Å²) in [6.45, 7) is 9.24. The molecule has 1 N–H and O–H groups in total. The highest BCUT2D eigenvalue weighted by atomic mass is 16.5. The van der Waals surface area contributed by atoms with E-state index in [-0.39, 0.29) is 17.4 Å². The normalized spacial score (nSPS) is 17.9. The number of ether oxygens (including phenoxy) is 1. The molecule has 6 nitrogen and oxygen atoms in total. The number of rotatable bonds is 6. The Morgan fingerprint density at radius 2 is 1.46 bits per heavy atom. The van der Waals surface area contributed by atoms with E-state index in [9.17, 15) is 10.2 Å². The fraction of sp³-hybridized carbons (Fsp3) is 0.355. The quantitative estimate of drug-likeness (QED) is 0.419. The number of imidazole rings is 1. The zero-order valence-electron chi connectivity index (χ0n) is 21.8. The SMILES string of the molecule is Cc1ccc(C[C@@H](C(=O)N2CC3(COC3)C2)n2c(=N)n(C(C)c3ccc(C)cc3)c3ccccc32)cc1. The lowest BCUT2D eigenvalue weighted by Gasteiger charge is -2.55. The summed E-state index contributed by atoms with van der Waals surface area (Å²) in [6, 6.07) is 24.5. The van der Waals surface area contributed by atoms with Gasteiger partial charge in [-0.25, -0.2) is 0 Å². The second kappa shape index (κ2) is 9.03. The Hall–Kier alpha value is -3.64. The molecule has 2 fully saturated rings. The predicted molar refractivity (Wildman–Crippen MR) is 145 cm³/mol. The van der Waals surface area contributed by atoms with Crippen LogP contribution in [0.2, 0.25) is 0 Å². The smallest absolute Gasteiger partial charge is 0.246 e. The number of nitrogens with one attached hydrogen (secondary N) is 1. The maximum atomic E-state index is 14.1. The Bertz CT molecular complexity index is 1500. The van der Waals surface area contributed by atoms with Crippen molar-refractivity contribution in [3.63, 3.8) is 0 Å². The van der Waals surface area contributed by atoms with Gasteiger partial charge in [-0.1, -0.05) is 71.8 Å². The van der Waals surface area contributed by atoms with Gasteiger partial charge >= 0.3 is 0 Å². The van der Waals surface area contributed by atoms with Crippen LogP contribution in [-0.2, 0) is 16.0 Å². The Labute approximate surface area is 217 Å². The predicted octanol–water partition coefficient (Wildman–Crippen LogP) is 4.79. The molecule has 1 amide bonds. The van der Waals surface area contributed by atoms with Gasteiger partial charge in [-0.15, -0.1) is 0 Å². The van der Waals surface area contributed by atoms with Gasteiger partial charge in [0.05, 0.1) is 35.7 Å². The minimum Gasteiger partial charge on any atom is -0.380 e. The molecule has 2 aliphatic rings. The van der Waals surface area contributed by atoms with E-state index in [1.807, 2.05) is 27.7 Å². The van der Waals surface area contributed by atoms with Crippen molar-refractivity contribution in [3.05, 3.63) is 101 Å². The second-order valence-corrected chi connectivity index (χ2v) is 11.0. The summed E-state index contributed by atoms with van der Waals surface area (Å²) in [7, 11) is 0. The summed E-state index contributed by atoms with van der Waals surface area (Å²) in [4.78, 5) is 16.0. The molecule has 1 aromatic heterocycles. The number of likely N-dealkylation sites (tertiary alicyclic amines) is 1. The van der Waals surface area contributed by atoms with Gasteiger partial charge in [-0.2, -0.15) is 0 Å². The molecule has 0 aliphatic carbocycles. The maximum absolute atomic E-state index is 14.1. The third kappa shape index (κ3) is 4.09. The summed E-state index contributed by atoms with van der Waals surface area (Å²) in [5.74, 6) is 0.0856. The third-order valence-electron chi connectivity index (χ3n) is 8.13. The number of nitrogens with zero attached hydrogens (tertiary/aromatic N) is 3. The van der Waals surface area contributed by atoms with Crippen LogP contribution in [0, 0.1) is 24.7 Å². The number of fused-ring (bicyclic) bond motifs is 1. The van der Waals surface area contributed by atoms with Crippen LogP contribution in [0.5, 0.6) is 0 Å². The molecule has 3 heterocycles. The van der Waals surface area contributed by atoms with Crippen molar-refractivity contribution in [3.8, 4) is 0 Å². The van der Waals surface area contributed by atoms with Gasteiger partial charge in [0.25, 0.3) is 0 Å². The molecule has 0 saturated carbocycles. The largest absolute Gasteiger partial charge is 0.380 e. The topological polar surface area (TPSA) is 63.2 Å². The molecule has 1 spiro atoms. The average molecular weight is 495 g/mol. The van der Waals surface area contributed by atoms with E-state index < -0.39 is 6.04 Å². The molecule has 37 heavy (non-hydrogen) atoms. The lowest BCUT2D eigenvalue weighted by atomic mass is 9.77. The van der Waals surface area contributed by atoms with Crippen LogP contribution in [0.4, 0.5) is 0 Å². The van der Waals surface area contributed by atoms with Crippen molar-refractivity contribution in [1.82, 2.24) is 14.0 Å². The molecular weight excluding hydrogens is 460 g/mol. The zero-order valence-corrected chi connectivity index (χ0v) is 21.8. The minimum absolute atomic E-state index is 0.0474. The van der Waals surface area contributed by atoms with Crippen LogP contribution in [0.3, 0.4) is 0 Å². The van der Waals surface area contributed by atoms with E-state index in [2.05, 4.69) is 79.9 Å². The second-order valence-electron chi connectivity index (χ2n) is 11.0. The summed E-state index contributed by atoms with van der Waals surface area (Å²) >= 11 is 0. The molecule has 2 saturated heterocycles. The number of benzene rings is 3. The van der Waals surface area contributed by atoms with Crippen LogP contribution >= 0.6 is 0 Å². The van der Waals surface area contributed by atoms with Gasteiger partial charge in [-0.3, -0.25) is 14.8 Å². The molecular formula is C31H34N4O2. The van der Waals surface area contributed by atoms with Gasteiger partial charge in [-0.05, 0) is 44.0 Å². The van der Waals surface area contributed by atoms with Crippen molar-refractivity contribution >= 4 is 16.9 Å². The van der Waals surface area contributed by atoms with Gasteiger partial charge in [0, 0.05) is 19.5 Å². The number of para-hydroxylation sites is 2. The molecule has 3 aromatic carbocycles. The Balaban J connectivity index is 1.45. The number of hydrogen-bond donors (Lipinski definition) is 1.